The molecule has 0 bridgehead atoms. The van der Waals surface area contributed by atoms with Crippen LogP contribution < -0.4 is 10.2 Å². The summed E-state index contributed by atoms with van der Waals surface area (Å²) in [6.45, 7) is 0.623. The van der Waals surface area contributed by atoms with Crippen LogP contribution in [0.5, 0.6) is 5.75 Å². The van der Waals surface area contributed by atoms with E-state index in [-0.39, 0.29) is 0 Å². The second kappa shape index (κ2) is 4.80. The van der Waals surface area contributed by atoms with Crippen molar-refractivity contribution in [2.24, 2.45) is 0 Å². The highest BCUT2D eigenvalue weighted by Gasteiger charge is 2.01. The number of ether oxygens (including phenoxy) is 1. The highest BCUT2D eigenvalue weighted by atomic mass is 32.1. The lowest BCUT2D eigenvalue weighted by atomic mass is 10.2. The minimum absolute atomic E-state index is 0.537. The van der Waals surface area contributed by atoms with Crippen LogP contribution in [0.2, 0.25) is 0 Å². The molecule has 84 valence electrons. The summed E-state index contributed by atoms with van der Waals surface area (Å²) >= 11 is 5.01. The SMILES string of the molecule is COc1ccccc1CNn1cn[nH]c1=S. The van der Waals surface area contributed by atoms with E-state index in [0.717, 1.165) is 11.3 Å². The van der Waals surface area contributed by atoms with E-state index in [4.69, 9.17) is 17.0 Å². The number of methoxy groups -OCH3 is 1. The van der Waals surface area contributed by atoms with Crippen molar-refractivity contribution in [3.63, 3.8) is 0 Å². The predicted octanol–water partition coefficient (Wildman–Crippen LogP) is 1.69. The number of aromatic amines is 1. The third-order valence-electron chi connectivity index (χ3n) is 2.18. The van der Waals surface area contributed by atoms with Crippen molar-refractivity contribution < 1.29 is 4.74 Å². The number of rotatable bonds is 4. The zero-order valence-corrected chi connectivity index (χ0v) is 9.62. The molecule has 0 aliphatic carbocycles. The molecule has 0 atom stereocenters. The van der Waals surface area contributed by atoms with Gasteiger partial charge < -0.3 is 10.2 Å². The summed E-state index contributed by atoms with van der Waals surface area (Å²) in [5.41, 5.74) is 4.19. The smallest absolute Gasteiger partial charge is 0.214 e. The molecule has 0 aliphatic heterocycles. The minimum atomic E-state index is 0.537. The second-order valence-corrected chi connectivity index (χ2v) is 3.56. The Bertz CT molecular complexity index is 519. The number of hydrogen-bond donors (Lipinski definition) is 2. The maximum atomic E-state index is 5.25. The molecule has 2 rings (SSSR count). The standard InChI is InChI=1S/C10H12N4OS/c1-15-9-5-3-2-4-8(9)6-12-14-7-11-13-10(14)16/h2-5,7,12H,6H2,1H3,(H,13,16). The number of para-hydroxylation sites is 1. The molecule has 2 N–H and O–H groups in total. The zero-order valence-electron chi connectivity index (χ0n) is 8.80. The third-order valence-corrected chi connectivity index (χ3v) is 2.47. The number of hydrogen-bond acceptors (Lipinski definition) is 4. The van der Waals surface area contributed by atoms with Gasteiger partial charge in [-0.3, -0.25) is 5.10 Å². The van der Waals surface area contributed by atoms with Crippen LogP contribution in [-0.2, 0) is 6.54 Å². The number of aromatic nitrogens is 3. The molecule has 0 aliphatic rings. The fraction of sp³-hybridized carbons (Fsp3) is 0.200. The van der Waals surface area contributed by atoms with Gasteiger partial charge in [-0.2, -0.15) is 5.10 Å². The molecular formula is C10H12N4OS. The van der Waals surface area contributed by atoms with Crippen molar-refractivity contribution in [1.29, 1.82) is 0 Å². The molecular weight excluding hydrogens is 224 g/mol. The highest BCUT2D eigenvalue weighted by molar-refractivity contribution is 7.71. The first-order chi connectivity index (χ1) is 7.81. The van der Waals surface area contributed by atoms with Gasteiger partial charge in [-0.1, -0.05) is 18.2 Å². The Morgan fingerprint density at radius 1 is 1.50 bits per heavy atom. The Hall–Kier alpha value is -1.82. The highest BCUT2D eigenvalue weighted by Crippen LogP contribution is 2.16. The number of nitrogens with one attached hydrogen (secondary N) is 2. The summed E-state index contributed by atoms with van der Waals surface area (Å²) in [6, 6.07) is 7.82. The summed E-state index contributed by atoms with van der Waals surface area (Å²) in [6.07, 6.45) is 1.59. The third kappa shape index (κ3) is 2.22. The van der Waals surface area contributed by atoms with Gasteiger partial charge in [0.15, 0.2) is 0 Å². The van der Waals surface area contributed by atoms with E-state index in [1.54, 1.807) is 18.1 Å². The maximum absolute atomic E-state index is 5.25. The van der Waals surface area contributed by atoms with Crippen LogP contribution >= 0.6 is 12.2 Å². The van der Waals surface area contributed by atoms with Gasteiger partial charge >= 0.3 is 0 Å². The van der Waals surface area contributed by atoms with Gasteiger partial charge in [0.2, 0.25) is 4.77 Å². The summed E-state index contributed by atoms with van der Waals surface area (Å²) in [5, 5.41) is 6.48. The normalized spacial score (nSPS) is 10.1. The van der Waals surface area contributed by atoms with Crippen LogP contribution in [0, 0.1) is 4.77 Å². The Balaban J connectivity index is 2.10. The fourth-order valence-corrected chi connectivity index (χ4v) is 1.54. The van der Waals surface area contributed by atoms with Crippen LogP contribution in [0.25, 0.3) is 0 Å². The first-order valence-electron chi connectivity index (χ1n) is 4.79. The summed E-state index contributed by atoms with van der Waals surface area (Å²) < 4.78 is 7.44. The van der Waals surface area contributed by atoms with Crippen molar-refractivity contribution in [2.45, 2.75) is 6.54 Å². The summed E-state index contributed by atoms with van der Waals surface area (Å²) in [4.78, 5) is 0. The molecule has 0 saturated heterocycles. The molecule has 16 heavy (non-hydrogen) atoms. The number of H-pyrrole nitrogens is 1. The van der Waals surface area contributed by atoms with E-state index in [0.29, 0.717) is 11.3 Å². The van der Waals surface area contributed by atoms with Gasteiger partial charge in [-0.15, -0.1) is 0 Å². The topological polar surface area (TPSA) is 54.9 Å². The Kier molecular flexibility index (Phi) is 3.21. The van der Waals surface area contributed by atoms with Gasteiger partial charge in [0.05, 0.1) is 13.7 Å². The van der Waals surface area contributed by atoms with Crippen molar-refractivity contribution >= 4 is 12.2 Å². The van der Waals surface area contributed by atoms with Gasteiger partial charge in [0.25, 0.3) is 0 Å². The lowest BCUT2D eigenvalue weighted by Gasteiger charge is -2.09. The number of nitrogens with zero attached hydrogens (tertiary/aromatic N) is 2. The molecule has 6 heteroatoms. The zero-order chi connectivity index (χ0) is 11.4. The predicted molar refractivity (Wildman–Crippen MR) is 63.5 cm³/mol. The van der Waals surface area contributed by atoms with Gasteiger partial charge in [-0.25, -0.2) is 4.68 Å². The first kappa shape index (κ1) is 10.7. The van der Waals surface area contributed by atoms with Crippen LogP contribution in [-0.4, -0.2) is 22.0 Å². The second-order valence-electron chi connectivity index (χ2n) is 3.18. The molecule has 0 amide bonds. The molecule has 0 saturated carbocycles. The van der Waals surface area contributed by atoms with Crippen LogP contribution in [0.3, 0.4) is 0 Å². The Morgan fingerprint density at radius 3 is 3.00 bits per heavy atom. The van der Waals surface area contributed by atoms with Gasteiger partial charge in [0, 0.05) is 5.56 Å². The van der Waals surface area contributed by atoms with Gasteiger partial charge in [-0.05, 0) is 18.3 Å². The average Bonchev–Trinajstić information content (AvgIpc) is 2.72. The van der Waals surface area contributed by atoms with Gasteiger partial charge in [0.1, 0.15) is 12.1 Å². The van der Waals surface area contributed by atoms with E-state index in [9.17, 15) is 0 Å². The quantitative estimate of drug-likeness (QED) is 0.793. The lowest BCUT2D eigenvalue weighted by molar-refractivity contribution is 0.410. The Morgan fingerprint density at radius 2 is 2.31 bits per heavy atom. The van der Waals surface area contributed by atoms with Crippen molar-refractivity contribution in [3.05, 3.63) is 40.9 Å². The molecule has 0 unspecified atom stereocenters. The van der Waals surface area contributed by atoms with E-state index in [1.165, 1.54) is 0 Å². The maximum Gasteiger partial charge on any atom is 0.214 e. The van der Waals surface area contributed by atoms with Crippen molar-refractivity contribution in [2.75, 3.05) is 12.5 Å². The summed E-state index contributed by atoms with van der Waals surface area (Å²) in [5.74, 6) is 0.852. The van der Waals surface area contributed by atoms with Crippen LogP contribution in [0.15, 0.2) is 30.6 Å². The van der Waals surface area contributed by atoms with E-state index >= 15 is 0 Å². The van der Waals surface area contributed by atoms with Crippen LogP contribution in [0.4, 0.5) is 0 Å². The van der Waals surface area contributed by atoms with Crippen LogP contribution in [0.1, 0.15) is 5.56 Å². The van der Waals surface area contributed by atoms with E-state index in [1.807, 2.05) is 24.3 Å². The minimum Gasteiger partial charge on any atom is -0.496 e. The average molecular weight is 236 g/mol. The molecule has 0 radical (unpaired) electrons. The fourth-order valence-electron chi connectivity index (χ4n) is 1.38. The molecule has 1 aromatic carbocycles. The molecule has 1 aromatic heterocycles. The number of benzene rings is 1. The van der Waals surface area contributed by atoms with E-state index in [2.05, 4.69) is 15.6 Å². The molecule has 2 aromatic rings. The monoisotopic (exact) mass is 236 g/mol. The molecule has 0 fully saturated rings. The molecule has 5 nitrogen and oxygen atoms in total. The molecule has 1 heterocycles. The molecule has 0 spiro atoms. The summed E-state index contributed by atoms with van der Waals surface area (Å²) in [7, 11) is 1.66. The Labute approximate surface area is 98.0 Å². The van der Waals surface area contributed by atoms with Crippen molar-refractivity contribution in [1.82, 2.24) is 14.9 Å². The lowest BCUT2D eigenvalue weighted by Crippen LogP contribution is -2.13. The van der Waals surface area contributed by atoms with Crippen molar-refractivity contribution in [3.8, 4) is 5.75 Å². The van der Waals surface area contributed by atoms with E-state index < -0.39 is 0 Å². The largest absolute Gasteiger partial charge is 0.496 e. The first-order valence-corrected chi connectivity index (χ1v) is 5.20.